The van der Waals surface area contributed by atoms with E-state index in [9.17, 15) is 4.39 Å². The topological polar surface area (TPSA) is 58.0 Å². The highest BCUT2D eigenvalue weighted by molar-refractivity contribution is 5.85. The quantitative estimate of drug-likeness (QED) is 0.355. The SMILES string of the molecule is CC(C)c1cnn2c(N[C@@H]3CCc4[nH]c5ccccc5c4C3)cc(-c3cccc(F)c3)nc12. The van der Waals surface area contributed by atoms with Crippen LogP contribution in [-0.4, -0.2) is 25.6 Å². The summed E-state index contributed by atoms with van der Waals surface area (Å²) in [6.07, 6.45) is 4.86. The normalized spacial score (nSPS) is 15.9. The van der Waals surface area contributed by atoms with E-state index in [1.165, 1.54) is 34.3 Å². The van der Waals surface area contributed by atoms with Crippen LogP contribution in [0.15, 0.2) is 60.8 Å². The molecule has 0 radical (unpaired) electrons. The van der Waals surface area contributed by atoms with Crippen molar-refractivity contribution < 1.29 is 4.39 Å². The van der Waals surface area contributed by atoms with Crippen molar-refractivity contribution in [2.75, 3.05) is 5.32 Å². The maximum atomic E-state index is 14.0. The average Bonchev–Trinajstić information content (AvgIpc) is 3.41. The second-order valence-corrected chi connectivity index (χ2v) is 9.24. The largest absolute Gasteiger partial charge is 0.367 e. The van der Waals surface area contributed by atoms with E-state index in [0.717, 1.165) is 47.5 Å². The van der Waals surface area contributed by atoms with Crippen LogP contribution in [0.4, 0.5) is 10.2 Å². The van der Waals surface area contributed by atoms with E-state index in [-0.39, 0.29) is 17.8 Å². The molecule has 1 aliphatic carbocycles. The van der Waals surface area contributed by atoms with Gasteiger partial charge in [-0.15, -0.1) is 0 Å². The molecule has 3 heterocycles. The Kier molecular flexibility index (Phi) is 4.68. The molecule has 0 saturated heterocycles. The highest BCUT2D eigenvalue weighted by Crippen LogP contribution is 2.32. The molecule has 0 unspecified atom stereocenters. The first-order valence-electron chi connectivity index (χ1n) is 11.6. The van der Waals surface area contributed by atoms with E-state index in [0.29, 0.717) is 0 Å². The molecule has 0 fully saturated rings. The standard InChI is InChI=1S/C27H26FN5/c1-16(2)22-15-29-33-26(14-25(32-27(22)33)17-6-5-7-18(28)12-17)30-19-10-11-24-21(13-19)20-8-3-4-9-23(20)31-24/h3-9,12,14-16,19,30-31H,10-11,13H2,1-2H3/t19-/m1/s1. The Labute approximate surface area is 191 Å². The van der Waals surface area contributed by atoms with Gasteiger partial charge in [-0.3, -0.25) is 0 Å². The number of nitrogens with one attached hydrogen (secondary N) is 2. The number of rotatable bonds is 4. The smallest absolute Gasteiger partial charge is 0.161 e. The first-order valence-corrected chi connectivity index (χ1v) is 11.6. The minimum Gasteiger partial charge on any atom is -0.367 e. The van der Waals surface area contributed by atoms with Gasteiger partial charge in [0.15, 0.2) is 5.65 Å². The van der Waals surface area contributed by atoms with Crippen molar-refractivity contribution in [3.63, 3.8) is 0 Å². The van der Waals surface area contributed by atoms with Crippen LogP contribution < -0.4 is 5.32 Å². The van der Waals surface area contributed by atoms with Crippen molar-refractivity contribution >= 4 is 22.4 Å². The van der Waals surface area contributed by atoms with Gasteiger partial charge in [0.05, 0.1) is 11.9 Å². The van der Waals surface area contributed by atoms with Crippen LogP contribution >= 0.6 is 0 Å². The molecule has 0 saturated carbocycles. The first-order chi connectivity index (χ1) is 16.1. The fraction of sp³-hybridized carbons (Fsp3) is 0.259. The monoisotopic (exact) mass is 439 g/mol. The number of fused-ring (bicyclic) bond motifs is 4. The van der Waals surface area contributed by atoms with Crippen LogP contribution in [0, 0.1) is 5.82 Å². The lowest BCUT2D eigenvalue weighted by Gasteiger charge is -2.25. The number of aryl methyl sites for hydroxylation is 1. The van der Waals surface area contributed by atoms with Crippen molar-refractivity contribution in [2.24, 2.45) is 0 Å². The lowest BCUT2D eigenvalue weighted by Crippen LogP contribution is -2.28. The highest BCUT2D eigenvalue weighted by atomic mass is 19.1. The zero-order chi connectivity index (χ0) is 22.5. The van der Waals surface area contributed by atoms with Crippen LogP contribution in [-0.2, 0) is 12.8 Å². The van der Waals surface area contributed by atoms with Crippen molar-refractivity contribution in [1.29, 1.82) is 0 Å². The zero-order valence-electron chi connectivity index (χ0n) is 18.8. The molecule has 0 amide bonds. The Morgan fingerprint density at radius 3 is 2.85 bits per heavy atom. The van der Waals surface area contributed by atoms with Gasteiger partial charge in [0, 0.05) is 39.8 Å². The van der Waals surface area contributed by atoms with E-state index in [1.807, 2.05) is 22.8 Å². The van der Waals surface area contributed by atoms with Crippen molar-refractivity contribution in [1.82, 2.24) is 19.6 Å². The molecule has 2 N–H and O–H groups in total. The van der Waals surface area contributed by atoms with Gasteiger partial charge >= 0.3 is 0 Å². The van der Waals surface area contributed by atoms with E-state index in [4.69, 9.17) is 4.98 Å². The molecule has 3 aromatic heterocycles. The number of halogens is 1. The van der Waals surface area contributed by atoms with Gasteiger partial charge < -0.3 is 10.3 Å². The maximum Gasteiger partial charge on any atom is 0.161 e. The minimum atomic E-state index is -0.264. The number of aromatic nitrogens is 4. The van der Waals surface area contributed by atoms with Gasteiger partial charge in [0.2, 0.25) is 0 Å². The molecule has 5 aromatic rings. The zero-order valence-corrected chi connectivity index (χ0v) is 18.8. The van der Waals surface area contributed by atoms with E-state index < -0.39 is 0 Å². The summed E-state index contributed by atoms with van der Waals surface area (Å²) in [7, 11) is 0. The first kappa shape index (κ1) is 20.0. The van der Waals surface area contributed by atoms with Crippen LogP contribution in [0.3, 0.4) is 0 Å². The van der Waals surface area contributed by atoms with Gasteiger partial charge in [-0.05, 0) is 48.9 Å². The van der Waals surface area contributed by atoms with Crippen LogP contribution in [0.25, 0.3) is 27.8 Å². The summed E-state index contributed by atoms with van der Waals surface area (Å²) in [5, 5.41) is 9.71. The molecular formula is C27H26FN5. The number of hydrogen-bond donors (Lipinski definition) is 2. The number of hydrogen-bond acceptors (Lipinski definition) is 3. The number of nitrogens with zero attached hydrogens (tertiary/aromatic N) is 3. The molecule has 2 aromatic carbocycles. The van der Waals surface area contributed by atoms with Crippen molar-refractivity contribution in [2.45, 2.75) is 45.1 Å². The predicted octanol–water partition coefficient (Wildman–Crippen LogP) is 6.11. The lowest BCUT2D eigenvalue weighted by atomic mass is 9.91. The Morgan fingerprint density at radius 2 is 2.00 bits per heavy atom. The molecule has 1 aliphatic rings. The van der Waals surface area contributed by atoms with E-state index in [1.54, 1.807) is 6.07 Å². The van der Waals surface area contributed by atoms with Gasteiger partial charge in [0.25, 0.3) is 0 Å². The molecular weight excluding hydrogens is 413 g/mol. The predicted molar refractivity (Wildman–Crippen MR) is 130 cm³/mol. The van der Waals surface area contributed by atoms with Crippen molar-refractivity contribution in [3.05, 3.63) is 83.4 Å². The van der Waals surface area contributed by atoms with Gasteiger partial charge in [-0.1, -0.05) is 44.2 Å². The molecule has 33 heavy (non-hydrogen) atoms. The third-order valence-electron chi connectivity index (χ3n) is 6.69. The van der Waals surface area contributed by atoms with Gasteiger partial charge in [0.1, 0.15) is 11.6 Å². The fourth-order valence-electron chi connectivity index (χ4n) is 4.99. The molecule has 0 aliphatic heterocycles. The van der Waals surface area contributed by atoms with Gasteiger partial charge in [-0.2, -0.15) is 9.61 Å². The van der Waals surface area contributed by atoms with Crippen LogP contribution in [0.5, 0.6) is 0 Å². The van der Waals surface area contributed by atoms with Crippen LogP contribution in [0.2, 0.25) is 0 Å². The van der Waals surface area contributed by atoms with E-state index >= 15 is 0 Å². The molecule has 1 atom stereocenters. The second-order valence-electron chi connectivity index (χ2n) is 9.24. The Bertz CT molecular complexity index is 1480. The summed E-state index contributed by atoms with van der Waals surface area (Å²) in [5.74, 6) is 0.911. The van der Waals surface area contributed by atoms with Gasteiger partial charge in [-0.25, -0.2) is 9.37 Å². The summed E-state index contributed by atoms with van der Waals surface area (Å²) in [5.41, 5.74) is 7.35. The molecule has 166 valence electrons. The van der Waals surface area contributed by atoms with Crippen molar-refractivity contribution in [3.8, 4) is 11.3 Å². The Morgan fingerprint density at radius 1 is 1.12 bits per heavy atom. The number of para-hydroxylation sites is 1. The third-order valence-corrected chi connectivity index (χ3v) is 6.69. The summed E-state index contributed by atoms with van der Waals surface area (Å²) in [6, 6.07) is 17.4. The molecule has 5 nitrogen and oxygen atoms in total. The van der Waals surface area contributed by atoms with Crippen LogP contribution in [0.1, 0.15) is 43.0 Å². The maximum absolute atomic E-state index is 14.0. The second kappa shape index (κ2) is 7.73. The molecule has 0 bridgehead atoms. The number of anilines is 1. The minimum absolute atomic E-state index is 0.264. The Balaban J connectivity index is 1.41. The lowest BCUT2D eigenvalue weighted by molar-refractivity contribution is 0.603. The summed E-state index contributed by atoms with van der Waals surface area (Å²) in [6.45, 7) is 4.28. The molecule has 6 heteroatoms. The average molecular weight is 440 g/mol. The summed E-state index contributed by atoms with van der Waals surface area (Å²) in [4.78, 5) is 8.47. The fourth-order valence-corrected chi connectivity index (χ4v) is 4.99. The Hall–Kier alpha value is -3.67. The summed E-state index contributed by atoms with van der Waals surface area (Å²) >= 11 is 0. The number of aromatic amines is 1. The third kappa shape index (κ3) is 3.46. The number of H-pyrrole nitrogens is 1. The number of benzene rings is 2. The summed E-state index contributed by atoms with van der Waals surface area (Å²) < 4.78 is 15.9. The highest BCUT2D eigenvalue weighted by Gasteiger charge is 2.24. The molecule has 6 rings (SSSR count). The molecule has 0 spiro atoms. The van der Waals surface area contributed by atoms with E-state index in [2.05, 4.69) is 53.5 Å².